The second-order valence-corrected chi connectivity index (χ2v) is 8.38. The summed E-state index contributed by atoms with van der Waals surface area (Å²) in [4.78, 5) is 16.4. The minimum Gasteiger partial charge on any atom is -0.355 e. The molecule has 0 unspecified atom stereocenters. The first-order chi connectivity index (χ1) is 15.1. The maximum atomic E-state index is 12.1. The molecule has 1 heterocycles. The highest BCUT2D eigenvalue weighted by molar-refractivity contribution is 5.80. The number of para-hydroxylation sites is 1. The fraction of sp³-hybridized carbons (Fsp3) is 0.542. The molecule has 0 spiro atoms. The van der Waals surface area contributed by atoms with E-state index in [-0.39, 0.29) is 5.91 Å². The Hall–Kier alpha value is -2.83. The van der Waals surface area contributed by atoms with Crippen LogP contribution < -0.4 is 16.0 Å². The van der Waals surface area contributed by atoms with E-state index in [0.29, 0.717) is 37.9 Å². The zero-order valence-electron chi connectivity index (χ0n) is 19.1. The molecule has 0 aliphatic heterocycles. The zero-order chi connectivity index (χ0) is 22.1. The van der Waals surface area contributed by atoms with Gasteiger partial charge >= 0.3 is 0 Å². The Morgan fingerprint density at radius 1 is 1.10 bits per heavy atom. The van der Waals surface area contributed by atoms with Gasteiger partial charge in [0.25, 0.3) is 0 Å². The van der Waals surface area contributed by atoms with Gasteiger partial charge in [-0.25, -0.2) is 4.68 Å². The van der Waals surface area contributed by atoms with Crippen LogP contribution in [-0.4, -0.2) is 41.8 Å². The van der Waals surface area contributed by atoms with E-state index in [0.717, 1.165) is 22.6 Å². The van der Waals surface area contributed by atoms with Gasteiger partial charge in [-0.1, -0.05) is 37.5 Å². The Bertz CT molecular complexity index is 882. The summed E-state index contributed by atoms with van der Waals surface area (Å²) >= 11 is 0. The zero-order valence-corrected chi connectivity index (χ0v) is 19.1. The largest absolute Gasteiger partial charge is 0.355 e. The monoisotopic (exact) mass is 424 g/mol. The number of carbonyl (C=O) groups excluding carboxylic acids is 1. The third-order valence-electron chi connectivity index (χ3n) is 5.84. The van der Waals surface area contributed by atoms with E-state index in [2.05, 4.69) is 51.2 Å². The van der Waals surface area contributed by atoms with E-state index in [1.165, 1.54) is 32.1 Å². The predicted octanol–water partition coefficient (Wildman–Crippen LogP) is 3.24. The van der Waals surface area contributed by atoms with E-state index in [1.807, 2.05) is 23.7 Å². The summed E-state index contributed by atoms with van der Waals surface area (Å²) in [6.45, 7) is 5.92. The van der Waals surface area contributed by atoms with Gasteiger partial charge < -0.3 is 16.0 Å². The third kappa shape index (κ3) is 6.84. The summed E-state index contributed by atoms with van der Waals surface area (Å²) in [6.07, 6.45) is 6.91. The van der Waals surface area contributed by atoms with E-state index >= 15 is 0 Å². The SMILES string of the molecule is CN=C(NCCNC(=O)CC1CCCCC1)NCc1ccccc1-n1nc(C)cc1C. The van der Waals surface area contributed by atoms with Crippen LogP contribution in [0.4, 0.5) is 0 Å². The van der Waals surface area contributed by atoms with Crippen molar-refractivity contribution in [2.45, 2.75) is 58.9 Å². The number of nitrogens with zero attached hydrogens (tertiary/aromatic N) is 3. The summed E-state index contributed by atoms with van der Waals surface area (Å²) in [5.41, 5.74) is 4.31. The van der Waals surface area contributed by atoms with E-state index in [9.17, 15) is 4.79 Å². The van der Waals surface area contributed by atoms with Gasteiger partial charge in [-0.2, -0.15) is 5.10 Å². The number of hydrogen-bond acceptors (Lipinski definition) is 3. The van der Waals surface area contributed by atoms with Gasteiger partial charge in [0, 0.05) is 38.8 Å². The molecule has 168 valence electrons. The van der Waals surface area contributed by atoms with Crippen molar-refractivity contribution in [1.29, 1.82) is 0 Å². The highest BCUT2D eigenvalue weighted by Crippen LogP contribution is 2.26. The number of aliphatic imine (C=N–C) groups is 1. The van der Waals surface area contributed by atoms with Crippen LogP contribution in [0.3, 0.4) is 0 Å². The van der Waals surface area contributed by atoms with Gasteiger partial charge in [-0.05, 0) is 50.3 Å². The fourth-order valence-electron chi connectivity index (χ4n) is 4.25. The van der Waals surface area contributed by atoms with Crippen LogP contribution in [-0.2, 0) is 11.3 Å². The first kappa shape index (κ1) is 22.8. The second kappa shape index (κ2) is 11.5. The van der Waals surface area contributed by atoms with Crippen LogP contribution in [0, 0.1) is 19.8 Å². The number of benzene rings is 1. The predicted molar refractivity (Wildman–Crippen MR) is 125 cm³/mol. The van der Waals surface area contributed by atoms with Gasteiger partial charge in [0.1, 0.15) is 0 Å². The van der Waals surface area contributed by atoms with Crippen molar-refractivity contribution >= 4 is 11.9 Å². The summed E-state index contributed by atoms with van der Waals surface area (Å²) < 4.78 is 1.98. The van der Waals surface area contributed by atoms with Crippen LogP contribution in [0.15, 0.2) is 35.3 Å². The average Bonchev–Trinajstić information content (AvgIpc) is 3.12. The highest BCUT2D eigenvalue weighted by atomic mass is 16.1. The average molecular weight is 425 g/mol. The molecule has 0 saturated heterocycles. The second-order valence-electron chi connectivity index (χ2n) is 8.38. The number of rotatable bonds is 8. The summed E-state index contributed by atoms with van der Waals surface area (Å²) in [5.74, 6) is 1.44. The molecule has 1 aliphatic carbocycles. The fourth-order valence-corrected chi connectivity index (χ4v) is 4.25. The Morgan fingerprint density at radius 2 is 1.84 bits per heavy atom. The quantitative estimate of drug-likeness (QED) is 0.345. The first-order valence-corrected chi connectivity index (χ1v) is 11.4. The molecule has 0 bridgehead atoms. The highest BCUT2D eigenvalue weighted by Gasteiger charge is 2.16. The maximum Gasteiger partial charge on any atom is 0.220 e. The van der Waals surface area contributed by atoms with Crippen molar-refractivity contribution in [3.63, 3.8) is 0 Å². The van der Waals surface area contributed by atoms with Crippen LogP contribution in [0.2, 0.25) is 0 Å². The van der Waals surface area contributed by atoms with E-state index in [1.54, 1.807) is 7.05 Å². The lowest BCUT2D eigenvalue weighted by molar-refractivity contribution is -0.122. The molecule has 3 rings (SSSR count). The van der Waals surface area contributed by atoms with Crippen molar-refractivity contribution in [2.75, 3.05) is 20.1 Å². The molecule has 7 nitrogen and oxygen atoms in total. The molecule has 3 N–H and O–H groups in total. The number of hydrogen-bond donors (Lipinski definition) is 3. The lowest BCUT2D eigenvalue weighted by Gasteiger charge is -2.21. The maximum absolute atomic E-state index is 12.1. The Kier molecular flexibility index (Phi) is 8.50. The van der Waals surface area contributed by atoms with Gasteiger partial charge in [0.05, 0.1) is 11.4 Å². The van der Waals surface area contributed by atoms with Crippen LogP contribution in [0.1, 0.15) is 55.5 Å². The number of aromatic nitrogens is 2. The number of guanidine groups is 1. The molecule has 31 heavy (non-hydrogen) atoms. The standard InChI is InChI=1S/C24H36N6O/c1-18-15-19(2)30(29-18)22-12-8-7-11-21(22)17-28-24(25-3)27-14-13-26-23(31)16-20-9-5-4-6-10-20/h7-8,11-12,15,20H,4-6,9-10,13-14,16-17H2,1-3H3,(H,26,31)(H2,25,27,28). The number of carbonyl (C=O) groups is 1. The molecule has 0 atom stereocenters. The molecule has 0 radical (unpaired) electrons. The minimum absolute atomic E-state index is 0.162. The molecule has 1 aliphatic rings. The smallest absolute Gasteiger partial charge is 0.220 e. The molecule has 1 aromatic carbocycles. The summed E-state index contributed by atoms with van der Waals surface area (Å²) in [7, 11) is 1.75. The summed E-state index contributed by atoms with van der Waals surface area (Å²) in [6, 6.07) is 10.3. The van der Waals surface area contributed by atoms with Crippen LogP contribution >= 0.6 is 0 Å². The normalized spacial score (nSPS) is 15.0. The number of amides is 1. The van der Waals surface area contributed by atoms with Gasteiger partial charge in [-0.3, -0.25) is 9.79 Å². The van der Waals surface area contributed by atoms with Crippen LogP contribution in [0.5, 0.6) is 0 Å². The Labute approximate surface area is 185 Å². The van der Waals surface area contributed by atoms with Crippen molar-refractivity contribution < 1.29 is 4.79 Å². The van der Waals surface area contributed by atoms with Crippen LogP contribution in [0.25, 0.3) is 5.69 Å². The van der Waals surface area contributed by atoms with Crippen molar-refractivity contribution in [3.8, 4) is 5.69 Å². The molecule has 2 aromatic rings. The van der Waals surface area contributed by atoms with Gasteiger partial charge in [0.2, 0.25) is 5.91 Å². The first-order valence-electron chi connectivity index (χ1n) is 11.4. The lowest BCUT2D eigenvalue weighted by atomic mass is 9.87. The van der Waals surface area contributed by atoms with Gasteiger partial charge in [0.15, 0.2) is 5.96 Å². The van der Waals surface area contributed by atoms with E-state index in [4.69, 9.17) is 0 Å². The molecule has 7 heteroatoms. The Balaban J connectivity index is 1.44. The topological polar surface area (TPSA) is 83.3 Å². The third-order valence-corrected chi connectivity index (χ3v) is 5.84. The number of nitrogens with one attached hydrogen (secondary N) is 3. The molecule has 1 fully saturated rings. The van der Waals surface area contributed by atoms with Gasteiger partial charge in [-0.15, -0.1) is 0 Å². The molecule has 1 amide bonds. The molecular weight excluding hydrogens is 388 g/mol. The minimum atomic E-state index is 0.162. The molecule has 1 saturated carbocycles. The summed E-state index contributed by atoms with van der Waals surface area (Å²) in [5, 5.41) is 14.3. The lowest BCUT2D eigenvalue weighted by Crippen LogP contribution is -2.41. The van der Waals surface area contributed by atoms with Crippen molar-refractivity contribution in [1.82, 2.24) is 25.7 Å². The molecule has 1 aromatic heterocycles. The molecular formula is C24H36N6O. The van der Waals surface area contributed by atoms with Crippen molar-refractivity contribution in [2.24, 2.45) is 10.9 Å². The van der Waals surface area contributed by atoms with Crippen molar-refractivity contribution in [3.05, 3.63) is 47.3 Å². The Morgan fingerprint density at radius 3 is 2.55 bits per heavy atom. The number of aryl methyl sites for hydroxylation is 2. The van der Waals surface area contributed by atoms with E-state index < -0.39 is 0 Å².